The summed E-state index contributed by atoms with van der Waals surface area (Å²) in [5.74, 6) is -1.42. The predicted octanol–water partition coefficient (Wildman–Crippen LogP) is 4.02. The average Bonchev–Trinajstić information content (AvgIpc) is 3.62. The van der Waals surface area contributed by atoms with Crippen molar-refractivity contribution in [3.05, 3.63) is 55.6 Å². The third-order valence-electron chi connectivity index (χ3n) is 9.27. The van der Waals surface area contributed by atoms with Crippen molar-refractivity contribution in [1.29, 1.82) is 0 Å². The van der Waals surface area contributed by atoms with E-state index in [9.17, 15) is 19.5 Å². The number of likely N-dealkylation sites (tertiary alicyclic amines) is 1. The number of nitrogens with zero attached hydrogens (tertiary/aromatic N) is 3. The van der Waals surface area contributed by atoms with Gasteiger partial charge in [-0.15, -0.1) is 24.9 Å². The minimum Gasteiger partial charge on any atom is -0.394 e. The van der Waals surface area contributed by atoms with Crippen LogP contribution in [-0.4, -0.2) is 80.4 Å². The first kappa shape index (κ1) is 28.0. The van der Waals surface area contributed by atoms with Gasteiger partial charge < -0.3 is 19.8 Å². The summed E-state index contributed by atoms with van der Waals surface area (Å²) in [7, 11) is 0. The number of carbonyl (C=O) groups excluding carboxylic acids is 3. The Bertz CT molecular complexity index is 1110. The number of thioether (sulfide) groups is 1. The van der Waals surface area contributed by atoms with Gasteiger partial charge in [0.2, 0.25) is 17.7 Å². The van der Waals surface area contributed by atoms with Crippen molar-refractivity contribution in [2.24, 2.45) is 11.8 Å². The zero-order valence-electron chi connectivity index (χ0n) is 22.9. The Hall–Kier alpha value is -2.58. The Kier molecular flexibility index (Phi) is 8.24. The second-order valence-corrected chi connectivity index (χ2v) is 13.1. The van der Waals surface area contributed by atoms with Gasteiger partial charge in [0, 0.05) is 30.1 Å². The van der Waals surface area contributed by atoms with Crippen molar-refractivity contribution in [2.75, 3.05) is 24.6 Å². The highest BCUT2D eigenvalue weighted by Crippen LogP contribution is 2.67. The molecule has 5 rings (SSSR count). The van der Waals surface area contributed by atoms with E-state index in [4.69, 9.17) is 0 Å². The van der Waals surface area contributed by atoms with Gasteiger partial charge in [-0.3, -0.25) is 14.4 Å². The Morgan fingerprint density at radius 1 is 1.10 bits per heavy atom. The van der Waals surface area contributed by atoms with Crippen molar-refractivity contribution in [2.45, 2.75) is 80.0 Å². The summed E-state index contributed by atoms with van der Waals surface area (Å²) < 4.78 is -0.673. The molecule has 1 aromatic carbocycles. The van der Waals surface area contributed by atoms with Gasteiger partial charge in [0.05, 0.1) is 29.2 Å². The molecule has 7 nitrogen and oxygen atoms in total. The molecule has 1 N–H and O–H groups in total. The number of carbonyl (C=O) groups is 3. The highest BCUT2D eigenvalue weighted by atomic mass is 32.2. The molecule has 4 aliphatic rings. The van der Waals surface area contributed by atoms with E-state index in [0.717, 1.165) is 37.8 Å². The molecular formula is C31H41N3O4S. The summed E-state index contributed by atoms with van der Waals surface area (Å²) in [6.45, 7) is 10.1. The smallest absolute Gasteiger partial charge is 0.247 e. The molecule has 8 heteroatoms. The standard InChI is InChI=1S/C31H41N3O4S/c1-4-18-32(22-12-8-6-9-13-22)28(36)25-24-16-17-31(39-24)26(25)29(37)34(21(3)20-35)27(31)30(38)33(19-5-2)23-14-10-7-11-15-23/h4-6,8-9,12-13,21,23-27,35H,1-2,7,10-11,14-20H2,3H3/t21-,24+,25-,26+,27?,31?/m1/s1. The molecule has 3 saturated heterocycles. The van der Waals surface area contributed by atoms with E-state index in [-0.39, 0.29) is 35.6 Å². The van der Waals surface area contributed by atoms with Gasteiger partial charge in [0.15, 0.2) is 0 Å². The molecule has 0 aromatic heterocycles. The van der Waals surface area contributed by atoms with Gasteiger partial charge >= 0.3 is 0 Å². The number of aliphatic hydroxyl groups excluding tert-OH is 1. The van der Waals surface area contributed by atoms with Gasteiger partial charge in [-0.2, -0.15) is 0 Å². The molecule has 1 aromatic rings. The highest BCUT2D eigenvalue weighted by molar-refractivity contribution is 8.02. The van der Waals surface area contributed by atoms with Crippen LogP contribution in [0.4, 0.5) is 5.69 Å². The number of para-hydroxylation sites is 1. The number of benzene rings is 1. The van der Waals surface area contributed by atoms with Crippen LogP contribution in [-0.2, 0) is 14.4 Å². The number of hydrogen-bond acceptors (Lipinski definition) is 5. The molecule has 0 radical (unpaired) electrons. The number of amides is 3. The molecule has 3 amide bonds. The number of rotatable bonds is 10. The van der Waals surface area contributed by atoms with Crippen LogP contribution in [0.2, 0.25) is 0 Å². The first-order chi connectivity index (χ1) is 18.9. The lowest BCUT2D eigenvalue weighted by Gasteiger charge is -2.42. The fourth-order valence-corrected chi connectivity index (χ4v) is 9.75. The van der Waals surface area contributed by atoms with E-state index in [2.05, 4.69) is 13.2 Å². The lowest BCUT2D eigenvalue weighted by Crippen LogP contribution is -2.59. The summed E-state index contributed by atoms with van der Waals surface area (Å²) in [6, 6.07) is 8.42. The van der Waals surface area contributed by atoms with E-state index in [0.29, 0.717) is 19.5 Å². The average molecular weight is 552 g/mol. The molecule has 39 heavy (non-hydrogen) atoms. The van der Waals surface area contributed by atoms with Gasteiger partial charge in [0.25, 0.3) is 0 Å². The van der Waals surface area contributed by atoms with Crippen molar-refractivity contribution < 1.29 is 19.5 Å². The lowest BCUT2D eigenvalue weighted by molar-refractivity contribution is -0.146. The molecule has 1 spiro atoms. The molecule has 2 bridgehead atoms. The fraction of sp³-hybridized carbons (Fsp3) is 0.581. The van der Waals surface area contributed by atoms with Crippen molar-refractivity contribution >= 4 is 35.2 Å². The third kappa shape index (κ3) is 4.63. The van der Waals surface area contributed by atoms with Crippen LogP contribution >= 0.6 is 11.8 Å². The molecule has 2 unspecified atom stereocenters. The zero-order chi connectivity index (χ0) is 27.7. The number of hydrogen-bond donors (Lipinski definition) is 1. The molecular weight excluding hydrogens is 510 g/mol. The Labute approximate surface area is 236 Å². The highest BCUT2D eigenvalue weighted by Gasteiger charge is 2.74. The van der Waals surface area contributed by atoms with Crippen LogP contribution in [0.15, 0.2) is 55.6 Å². The number of anilines is 1. The van der Waals surface area contributed by atoms with Crippen LogP contribution < -0.4 is 4.90 Å². The summed E-state index contributed by atoms with van der Waals surface area (Å²) in [5.41, 5.74) is 0.775. The summed E-state index contributed by atoms with van der Waals surface area (Å²) in [4.78, 5) is 48.4. The molecule has 1 saturated carbocycles. The molecule has 210 valence electrons. The van der Waals surface area contributed by atoms with Crippen molar-refractivity contribution in [3.63, 3.8) is 0 Å². The third-order valence-corrected chi connectivity index (χ3v) is 11.2. The molecule has 4 fully saturated rings. The van der Waals surface area contributed by atoms with E-state index in [1.165, 1.54) is 6.42 Å². The summed E-state index contributed by atoms with van der Waals surface area (Å²) in [5, 5.41) is 10.2. The minimum absolute atomic E-state index is 0.0214. The maximum Gasteiger partial charge on any atom is 0.247 e. The second-order valence-electron chi connectivity index (χ2n) is 11.5. The van der Waals surface area contributed by atoms with Gasteiger partial charge in [-0.25, -0.2) is 0 Å². The van der Waals surface area contributed by atoms with Crippen LogP contribution in [0.1, 0.15) is 51.9 Å². The SMILES string of the molecule is C=CCN(C(=O)[C@@H]1[C@@H]2CCC3(S2)C(C(=O)N(CC=C)C2CCCCC2)N([C@H](C)CO)C(=O)[C@H]13)c1ccccc1. The molecule has 3 aliphatic heterocycles. The first-order valence-corrected chi connectivity index (χ1v) is 15.3. The van der Waals surface area contributed by atoms with Crippen LogP contribution in [0.3, 0.4) is 0 Å². The largest absolute Gasteiger partial charge is 0.394 e. The molecule has 1 aliphatic carbocycles. The van der Waals surface area contributed by atoms with Crippen LogP contribution in [0.25, 0.3) is 0 Å². The molecule has 6 atom stereocenters. The van der Waals surface area contributed by atoms with Crippen molar-refractivity contribution in [1.82, 2.24) is 9.80 Å². The van der Waals surface area contributed by atoms with Gasteiger partial charge in [-0.05, 0) is 44.7 Å². The first-order valence-electron chi connectivity index (χ1n) is 14.4. The maximum absolute atomic E-state index is 14.6. The van der Waals surface area contributed by atoms with Gasteiger partial charge in [0.1, 0.15) is 6.04 Å². The Morgan fingerprint density at radius 3 is 2.44 bits per heavy atom. The molecule has 3 heterocycles. The normalized spacial score (nSPS) is 30.6. The predicted molar refractivity (Wildman–Crippen MR) is 155 cm³/mol. The number of aliphatic hydroxyl groups is 1. The van der Waals surface area contributed by atoms with E-state index >= 15 is 0 Å². The monoisotopic (exact) mass is 551 g/mol. The van der Waals surface area contributed by atoms with Gasteiger partial charge in [-0.1, -0.05) is 49.6 Å². The zero-order valence-corrected chi connectivity index (χ0v) is 23.7. The van der Waals surface area contributed by atoms with E-state index in [1.807, 2.05) is 35.2 Å². The minimum atomic E-state index is -0.698. The van der Waals surface area contributed by atoms with E-state index < -0.39 is 28.7 Å². The number of fused-ring (bicyclic) bond motifs is 1. The topological polar surface area (TPSA) is 81.2 Å². The van der Waals surface area contributed by atoms with Crippen LogP contribution in [0.5, 0.6) is 0 Å². The van der Waals surface area contributed by atoms with E-state index in [1.54, 1.807) is 40.6 Å². The fourth-order valence-electron chi connectivity index (χ4n) is 7.56. The Balaban J connectivity index is 1.53. The second kappa shape index (κ2) is 11.5. The summed E-state index contributed by atoms with van der Waals surface area (Å²) in [6.07, 6.45) is 10.3. The van der Waals surface area contributed by atoms with Crippen molar-refractivity contribution in [3.8, 4) is 0 Å². The summed E-state index contributed by atoms with van der Waals surface area (Å²) >= 11 is 1.68. The quantitative estimate of drug-likeness (QED) is 0.444. The maximum atomic E-state index is 14.6. The Morgan fingerprint density at radius 2 is 1.79 bits per heavy atom. The lowest BCUT2D eigenvalue weighted by atomic mass is 9.70. The van der Waals surface area contributed by atoms with Crippen LogP contribution in [0, 0.1) is 11.8 Å².